The van der Waals surface area contributed by atoms with Crippen LogP contribution in [0.25, 0.3) is 10.8 Å². The summed E-state index contributed by atoms with van der Waals surface area (Å²) in [5, 5.41) is 16.8. The third-order valence-corrected chi connectivity index (χ3v) is 5.84. The standard InChI is InChI=1S/C27H38N4O5/c1-7-28-26(34)23(27(2,3)4)29-24(32)21(22(25(33)30-35)36-15-14-31(5)6)17-18-12-13-19-10-8-9-11-20(19)16-18/h7-13,16,21-23,35H,1,14-15,17H2,2-6H3,(H,28,34)(H,29,32)(H,30,33)/t21-,22+,23-/m1/s1. The fraction of sp³-hybridized carbons (Fsp3) is 0.444. The van der Waals surface area contributed by atoms with Gasteiger partial charge in [0.05, 0.1) is 12.5 Å². The van der Waals surface area contributed by atoms with Crippen LogP contribution in [0, 0.1) is 11.3 Å². The Hall–Kier alpha value is -3.27. The number of carbonyl (C=O) groups excluding carboxylic acids is 3. The van der Waals surface area contributed by atoms with E-state index in [4.69, 9.17) is 4.74 Å². The summed E-state index contributed by atoms with van der Waals surface area (Å²) in [6.07, 6.45) is 0.118. The average Bonchev–Trinajstić information content (AvgIpc) is 2.82. The Morgan fingerprint density at radius 3 is 2.31 bits per heavy atom. The van der Waals surface area contributed by atoms with E-state index in [0.717, 1.165) is 16.3 Å². The predicted octanol–water partition coefficient (Wildman–Crippen LogP) is 2.24. The highest BCUT2D eigenvalue weighted by molar-refractivity contribution is 5.93. The number of likely N-dealkylation sites (N-methyl/N-ethyl adjacent to an activating group) is 1. The molecule has 0 unspecified atom stereocenters. The molecule has 0 fully saturated rings. The van der Waals surface area contributed by atoms with Gasteiger partial charge in [-0.2, -0.15) is 0 Å². The van der Waals surface area contributed by atoms with Gasteiger partial charge >= 0.3 is 0 Å². The average molecular weight is 499 g/mol. The lowest BCUT2D eigenvalue weighted by atomic mass is 9.84. The van der Waals surface area contributed by atoms with Crippen LogP contribution in [0.2, 0.25) is 0 Å². The monoisotopic (exact) mass is 498 g/mol. The van der Waals surface area contributed by atoms with E-state index < -0.39 is 41.2 Å². The molecule has 0 aliphatic rings. The molecule has 3 amide bonds. The predicted molar refractivity (Wildman–Crippen MR) is 139 cm³/mol. The molecule has 2 aromatic carbocycles. The van der Waals surface area contributed by atoms with E-state index in [9.17, 15) is 19.6 Å². The Morgan fingerprint density at radius 2 is 1.72 bits per heavy atom. The molecular formula is C27H38N4O5. The van der Waals surface area contributed by atoms with E-state index in [1.54, 1.807) is 5.48 Å². The summed E-state index contributed by atoms with van der Waals surface area (Å²) < 4.78 is 5.83. The molecule has 0 radical (unpaired) electrons. The first kappa shape index (κ1) is 29.0. The van der Waals surface area contributed by atoms with Crippen LogP contribution in [0.5, 0.6) is 0 Å². The van der Waals surface area contributed by atoms with Crippen molar-refractivity contribution in [2.75, 3.05) is 27.2 Å². The SMILES string of the molecule is C=CNC(=O)[C@@H](NC(=O)[C@H](Cc1ccc2ccccc2c1)[C@H](OCCN(C)C)C(=O)NO)C(C)(C)C. The first-order valence-corrected chi connectivity index (χ1v) is 11.9. The Morgan fingerprint density at radius 1 is 1.06 bits per heavy atom. The molecular weight excluding hydrogens is 460 g/mol. The number of hydroxylamine groups is 1. The molecule has 0 saturated heterocycles. The van der Waals surface area contributed by atoms with Gasteiger partial charge in [0.1, 0.15) is 12.1 Å². The smallest absolute Gasteiger partial charge is 0.273 e. The number of amides is 3. The van der Waals surface area contributed by atoms with Crippen LogP contribution in [-0.2, 0) is 25.5 Å². The van der Waals surface area contributed by atoms with Crippen LogP contribution < -0.4 is 16.1 Å². The fourth-order valence-electron chi connectivity index (χ4n) is 3.87. The van der Waals surface area contributed by atoms with Crippen molar-refractivity contribution in [1.29, 1.82) is 0 Å². The number of fused-ring (bicyclic) bond motifs is 1. The molecule has 0 aliphatic heterocycles. The summed E-state index contributed by atoms with van der Waals surface area (Å²) in [4.78, 5) is 40.9. The van der Waals surface area contributed by atoms with Crippen molar-refractivity contribution in [1.82, 2.24) is 21.0 Å². The lowest BCUT2D eigenvalue weighted by molar-refractivity contribution is -0.151. The summed E-state index contributed by atoms with van der Waals surface area (Å²) in [5.74, 6) is -2.83. The summed E-state index contributed by atoms with van der Waals surface area (Å²) in [6, 6.07) is 12.7. The number of rotatable bonds is 12. The Balaban J connectivity index is 2.44. The summed E-state index contributed by atoms with van der Waals surface area (Å²) in [7, 11) is 3.71. The van der Waals surface area contributed by atoms with Crippen molar-refractivity contribution >= 4 is 28.5 Å². The highest BCUT2D eigenvalue weighted by Crippen LogP contribution is 2.24. The zero-order chi connectivity index (χ0) is 26.9. The van der Waals surface area contributed by atoms with Gasteiger partial charge in [0.2, 0.25) is 11.8 Å². The Bertz CT molecular complexity index is 1060. The van der Waals surface area contributed by atoms with Gasteiger partial charge in [-0.25, -0.2) is 5.48 Å². The van der Waals surface area contributed by atoms with Crippen LogP contribution in [0.3, 0.4) is 0 Å². The number of nitrogens with one attached hydrogen (secondary N) is 3. The maximum atomic E-state index is 13.7. The van der Waals surface area contributed by atoms with Crippen LogP contribution >= 0.6 is 0 Å². The van der Waals surface area contributed by atoms with Gasteiger partial charge in [-0.1, -0.05) is 69.8 Å². The second-order valence-corrected chi connectivity index (χ2v) is 10.1. The van der Waals surface area contributed by atoms with Crippen molar-refractivity contribution in [3.8, 4) is 0 Å². The van der Waals surface area contributed by atoms with Crippen molar-refractivity contribution in [2.24, 2.45) is 11.3 Å². The molecule has 4 N–H and O–H groups in total. The van der Waals surface area contributed by atoms with Gasteiger partial charge in [0.15, 0.2) is 0 Å². The van der Waals surface area contributed by atoms with E-state index in [1.165, 1.54) is 6.20 Å². The van der Waals surface area contributed by atoms with E-state index in [1.807, 2.05) is 82.2 Å². The van der Waals surface area contributed by atoms with Crippen LogP contribution in [0.1, 0.15) is 26.3 Å². The quantitative estimate of drug-likeness (QED) is 0.263. The van der Waals surface area contributed by atoms with Gasteiger partial charge in [0, 0.05) is 6.54 Å². The highest BCUT2D eigenvalue weighted by atomic mass is 16.5. The van der Waals surface area contributed by atoms with Crippen molar-refractivity contribution in [3.63, 3.8) is 0 Å². The topological polar surface area (TPSA) is 120 Å². The van der Waals surface area contributed by atoms with Gasteiger partial charge in [-0.05, 0) is 48.5 Å². The molecule has 3 atom stereocenters. The molecule has 0 saturated carbocycles. The van der Waals surface area contributed by atoms with Crippen LogP contribution in [0.4, 0.5) is 0 Å². The van der Waals surface area contributed by atoms with E-state index in [2.05, 4.69) is 17.2 Å². The summed E-state index contributed by atoms with van der Waals surface area (Å²) in [5.41, 5.74) is 1.81. The van der Waals surface area contributed by atoms with E-state index in [0.29, 0.717) is 6.54 Å². The van der Waals surface area contributed by atoms with Crippen molar-refractivity contribution in [3.05, 3.63) is 60.8 Å². The summed E-state index contributed by atoms with van der Waals surface area (Å²) >= 11 is 0. The third kappa shape index (κ3) is 8.15. The number of nitrogens with zero attached hydrogens (tertiary/aromatic N) is 1. The molecule has 196 valence electrons. The maximum Gasteiger partial charge on any atom is 0.273 e. The number of hydrogen-bond acceptors (Lipinski definition) is 6. The lowest BCUT2D eigenvalue weighted by Crippen LogP contribution is -2.56. The normalized spacial score (nSPS) is 14.1. The number of ether oxygens (including phenoxy) is 1. The number of hydrogen-bond donors (Lipinski definition) is 4. The second-order valence-electron chi connectivity index (χ2n) is 10.1. The first-order valence-electron chi connectivity index (χ1n) is 11.9. The molecule has 36 heavy (non-hydrogen) atoms. The zero-order valence-corrected chi connectivity index (χ0v) is 21.7. The molecule has 2 rings (SSSR count). The van der Waals surface area contributed by atoms with Crippen LogP contribution in [0.15, 0.2) is 55.2 Å². The largest absolute Gasteiger partial charge is 0.366 e. The van der Waals surface area contributed by atoms with E-state index in [-0.39, 0.29) is 13.0 Å². The highest BCUT2D eigenvalue weighted by Gasteiger charge is 2.39. The number of benzene rings is 2. The molecule has 0 aromatic heterocycles. The Labute approximate surface area is 212 Å². The molecule has 0 aliphatic carbocycles. The fourth-order valence-corrected chi connectivity index (χ4v) is 3.87. The number of carbonyl (C=O) groups is 3. The molecule has 9 nitrogen and oxygen atoms in total. The lowest BCUT2D eigenvalue weighted by Gasteiger charge is -2.33. The molecule has 2 aromatic rings. The van der Waals surface area contributed by atoms with Gasteiger partial charge < -0.3 is 20.3 Å². The van der Waals surface area contributed by atoms with Crippen molar-refractivity contribution < 1.29 is 24.3 Å². The zero-order valence-electron chi connectivity index (χ0n) is 21.7. The molecule has 9 heteroatoms. The minimum Gasteiger partial charge on any atom is -0.366 e. The van der Waals surface area contributed by atoms with Gasteiger partial charge in [0.25, 0.3) is 5.91 Å². The van der Waals surface area contributed by atoms with Gasteiger partial charge in [-0.3, -0.25) is 19.6 Å². The molecule has 0 bridgehead atoms. The third-order valence-electron chi connectivity index (χ3n) is 5.84. The second kappa shape index (κ2) is 13.2. The first-order chi connectivity index (χ1) is 17.0. The van der Waals surface area contributed by atoms with E-state index >= 15 is 0 Å². The maximum absolute atomic E-state index is 13.7. The summed E-state index contributed by atoms with van der Waals surface area (Å²) in [6.45, 7) is 9.66. The minimum atomic E-state index is -1.29. The Kier molecular flexibility index (Phi) is 10.6. The minimum absolute atomic E-state index is 0.149. The molecule has 0 heterocycles. The van der Waals surface area contributed by atoms with Crippen LogP contribution in [-0.4, -0.2) is 67.2 Å². The molecule has 0 spiro atoms. The van der Waals surface area contributed by atoms with Crippen molar-refractivity contribution in [2.45, 2.75) is 39.3 Å². The van der Waals surface area contributed by atoms with Gasteiger partial charge in [-0.15, -0.1) is 0 Å².